The number of rotatable bonds is 4. The Morgan fingerprint density at radius 1 is 1.67 bits per heavy atom. The van der Waals surface area contributed by atoms with Crippen LogP contribution in [-0.2, 0) is 0 Å². The smallest absolute Gasteiger partial charge is 0.166 e. The second-order valence-corrected chi connectivity index (χ2v) is 3.06. The van der Waals surface area contributed by atoms with Crippen molar-refractivity contribution in [3.8, 4) is 18.4 Å². The molecule has 4 nitrogen and oxygen atoms in total. The van der Waals surface area contributed by atoms with Crippen LogP contribution in [-0.4, -0.2) is 16.2 Å². The average molecular weight is 200 g/mol. The van der Waals surface area contributed by atoms with Crippen molar-refractivity contribution < 1.29 is 0 Å². The van der Waals surface area contributed by atoms with Crippen LogP contribution in [0.5, 0.6) is 0 Å². The van der Waals surface area contributed by atoms with Gasteiger partial charge in [-0.25, -0.2) is 0 Å². The Kier molecular flexibility index (Phi) is 4.12. The molecule has 0 saturated carbocycles. The molecule has 1 aromatic heterocycles. The molecule has 0 aliphatic carbocycles. The van der Waals surface area contributed by atoms with Gasteiger partial charge in [0, 0.05) is 12.5 Å². The molecule has 1 heterocycles. The van der Waals surface area contributed by atoms with E-state index < -0.39 is 0 Å². The summed E-state index contributed by atoms with van der Waals surface area (Å²) in [6.45, 7) is 2.03. The van der Waals surface area contributed by atoms with Gasteiger partial charge in [0.2, 0.25) is 0 Å². The van der Waals surface area contributed by atoms with Gasteiger partial charge in [-0.3, -0.25) is 0 Å². The molecule has 1 N–H and O–H groups in total. The minimum Gasteiger partial charge on any atom is -0.364 e. The Balaban J connectivity index is 2.80. The Morgan fingerprint density at radius 3 is 3.07 bits per heavy atom. The van der Waals surface area contributed by atoms with Crippen LogP contribution in [0, 0.1) is 23.7 Å². The molecule has 0 fully saturated rings. The molecule has 0 spiro atoms. The lowest BCUT2D eigenvalue weighted by Crippen LogP contribution is -2.19. The molecule has 1 atom stereocenters. The lowest BCUT2D eigenvalue weighted by molar-refractivity contribution is 0.708. The van der Waals surface area contributed by atoms with Crippen LogP contribution < -0.4 is 5.32 Å². The summed E-state index contributed by atoms with van der Waals surface area (Å²) < 4.78 is 0. The molecule has 15 heavy (non-hydrogen) atoms. The number of nitriles is 1. The van der Waals surface area contributed by atoms with Crippen LogP contribution in [0.1, 0.15) is 25.3 Å². The highest BCUT2D eigenvalue weighted by Crippen LogP contribution is 2.12. The summed E-state index contributed by atoms with van der Waals surface area (Å²) in [4.78, 5) is 0. The normalized spacial score (nSPS) is 11.1. The maximum absolute atomic E-state index is 8.84. The van der Waals surface area contributed by atoms with Gasteiger partial charge in [-0.05, 0) is 12.5 Å². The summed E-state index contributed by atoms with van der Waals surface area (Å²) in [5.41, 5.74) is 0.487. The van der Waals surface area contributed by atoms with Crippen LogP contribution in [0.3, 0.4) is 0 Å². The fourth-order valence-corrected chi connectivity index (χ4v) is 1.16. The zero-order chi connectivity index (χ0) is 11.1. The fourth-order valence-electron chi connectivity index (χ4n) is 1.16. The van der Waals surface area contributed by atoms with Crippen molar-refractivity contribution in [3.63, 3.8) is 0 Å². The van der Waals surface area contributed by atoms with Gasteiger partial charge in [-0.15, -0.1) is 17.4 Å². The summed E-state index contributed by atoms with van der Waals surface area (Å²) in [5, 5.41) is 19.5. The van der Waals surface area contributed by atoms with E-state index in [1.54, 1.807) is 6.07 Å². The molecule has 1 unspecified atom stereocenters. The second-order valence-electron chi connectivity index (χ2n) is 3.06. The minimum atomic E-state index is 0.138. The highest BCUT2D eigenvalue weighted by molar-refractivity contribution is 5.50. The quantitative estimate of drug-likeness (QED) is 0.749. The molecule has 4 heteroatoms. The van der Waals surface area contributed by atoms with Gasteiger partial charge in [0.1, 0.15) is 6.07 Å². The van der Waals surface area contributed by atoms with Crippen molar-refractivity contribution in [3.05, 3.63) is 17.8 Å². The zero-order valence-corrected chi connectivity index (χ0v) is 8.57. The molecule has 1 aromatic rings. The Bertz CT molecular complexity index is 400. The minimum absolute atomic E-state index is 0.138. The second kappa shape index (κ2) is 5.62. The summed E-state index contributed by atoms with van der Waals surface area (Å²) in [6, 6.07) is 3.81. The molecule has 0 radical (unpaired) electrons. The van der Waals surface area contributed by atoms with E-state index >= 15 is 0 Å². The van der Waals surface area contributed by atoms with Gasteiger partial charge < -0.3 is 5.32 Å². The van der Waals surface area contributed by atoms with E-state index in [1.165, 1.54) is 6.20 Å². The summed E-state index contributed by atoms with van der Waals surface area (Å²) in [7, 11) is 0. The van der Waals surface area contributed by atoms with Gasteiger partial charge in [-0.1, -0.05) is 6.92 Å². The Hall–Kier alpha value is -2.07. The van der Waals surface area contributed by atoms with E-state index in [9.17, 15) is 0 Å². The first-order chi connectivity index (χ1) is 7.31. The largest absolute Gasteiger partial charge is 0.364 e. The molecule has 0 aromatic carbocycles. The monoisotopic (exact) mass is 200 g/mol. The van der Waals surface area contributed by atoms with Crippen molar-refractivity contribution in [2.45, 2.75) is 25.8 Å². The third-order valence-corrected chi connectivity index (χ3v) is 2.04. The van der Waals surface area contributed by atoms with Crippen LogP contribution in [0.25, 0.3) is 0 Å². The van der Waals surface area contributed by atoms with E-state index in [1.807, 2.05) is 6.92 Å². The van der Waals surface area contributed by atoms with Gasteiger partial charge in [0.15, 0.2) is 5.82 Å². The number of hydrogen-bond donors (Lipinski definition) is 1. The SMILES string of the molecule is C#CCC(CC)Nc1nnccc1C#N. The number of anilines is 1. The number of hydrogen-bond acceptors (Lipinski definition) is 4. The number of nitrogens with one attached hydrogen (secondary N) is 1. The fraction of sp³-hybridized carbons (Fsp3) is 0.364. The maximum Gasteiger partial charge on any atom is 0.166 e. The molecule has 0 aliphatic rings. The average Bonchev–Trinajstić information content (AvgIpc) is 2.29. The first-order valence-corrected chi connectivity index (χ1v) is 4.73. The van der Waals surface area contributed by atoms with Crippen LogP contribution in [0.2, 0.25) is 0 Å². The van der Waals surface area contributed by atoms with Crippen LogP contribution >= 0.6 is 0 Å². The van der Waals surface area contributed by atoms with Crippen molar-refractivity contribution in [2.75, 3.05) is 5.32 Å². The Labute approximate surface area is 89.3 Å². The number of aromatic nitrogens is 2. The van der Waals surface area contributed by atoms with E-state index in [2.05, 4.69) is 27.5 Å². The summed E-state index contributed by atoms with van der Waals surface area (Å²) in [5.74, 6) is 3.08. The summed E-state index contributed by atoms with van der Waals surface area (Å²) >= 11 is 0. The predicted octanol–water partition coefficient (Wildman–Crippen LogP) is 1.56. The third-order valence-electron chi connectivity index (χ3n) is 2.04. The first-order valence-electron chi connectivity index (χ1n) is 4.73. The molecular formula is C11H12N4. The van der Waals surface area contributed by atoms with Gasteiger partial charge in [0.05, 0.1) is 11.8 Å². The van der Waals surface area contributed by atoms with Gasteiger partial charge >= 0.3 is 0 Å². The zero-order valence-electron chi connectivity index (χ0n) is 8.57. The third kappa shape index (κ3) is 2.96. The number of nitrogens with zero attached hydrogens (tertiary/aromatic N) is 3. The molecule has 1 rings (SSSR count). The van der Waals surface area contributed by atoms with Crippen LogP contribution in [0.4, 0.5) is 5.82 Å². The highest BCUT2D eigenvalue weighted by atomic mass is 15.2. The van der Waals surface area contributed by atoms with E-state index in [0.29, 0.717) is 17.8 Å². The van der Waals surface area contributed by atoms with Crippen molar-refractivity contribution in [1.29, 1.82) is 5.26 Å². The standard InChI is InChI=1S/C11H12N4/c1-3-5-10(4-2)14-11-9(8-12)6-7-13-15-11/h1,6-7,10H,4-5H2,2H3,(H,14,15). The molecule has 0 saturated heterocycles. The van der Waals surface area contributed by atoms with Gasteiger partial charge in [-0.2, -0.15) is 10.4 Å². The van der Waals surface area contributed by atoms with Crippen molar-refractivity contribution >= 4 is 5.82 Å². The molecule has 76 valence electrons. The molecule has 0 bridgehead atoms. The Morgan fingerprint density at radius 2 is 2.47 bits per heavy atom. The van der Waals surface area contributed by atoms with Crippen molar-refractivity contribution in [2.24, 2.45) is 0 Å². The van der Waals surface area contributed by atoms with E-state index in [-0.39, 0.29) is 6.04 Å². The highest BCUT2D eigenvalue weighted by Gasteiger charge is 2.08. The lowest BCUT2D eigenvalue weighted by atomic mass is 10.1. The summed E-state index contributed by atoms with van der Waals surface area (Å²) in [6.07, 6.45) is 8.22. The van der Waals surface area contributed by atoms with E-state index in [4.69, 9.17) is 11.7 Å². The lowest BCUT2D eigenvalue weighted by Gasteiger charge is -2.14. The van der Waals surface area contributed by atoms with E-state index in [0.717, 1.165) is 6.42 Å². The maximum atomic E-state index is 8.84. The predicted molar refractivity (Wildman–Crippen MR) is 57.9 cm³/mol. The molecular weight excluding hydrogens is 188 g/mol. The van der Waals surface area contributed by atoms with Crippen LogP contribution in [0.15, 0.2) is 12.3 Å². The number of terminal acetylenes is 1. The van der Waals surface area contributed by atoms with Gasteiger partial charge in [0.25, 0.3) is 0 Å². The molecule has 0 amide bonds. The van der Waals surface area contributed by atoms with Crippen molar-refractivity contribution in [1.82, 2.24) is 10.2 Å². The topological polar surface area (TPSA) is 61.6 Å². The first kappa shape index (κ1) is 11.0. The molecule has 0 aliphatic heterocycles.